The summed E-state index contributed by atoms with van der Waals surface area (Å²) in [5, 5.41) is 3.98. The number of nitrogens with zero attached hydrogens (tertiary/aromatic N) is 2. The standard InChI is InChI=1S/C27H31N3O5S/c1-3-5-19-35-25-13-11-22(12-14-25)20-28-29-27(31)21-30(23-9-7-6-8-10-23)36(32,33)26-17-15-24(16-18-26)34-4-2/h6-18,20H,3-5,19,21H2,1-2H3,(H,29,31)/b28-20-. The Labute approximate surface area is 212 Å². The molecular weight excluding hydrogens is 478 g/mol. The summed E-state index contributed by atoms with van der Waals surface area (Å²) >= 11 is 0. The van der Waals surface area contributed by atoms with Gasteiger partial charge in [0.25, 0.3) is 15.9 Å². The second-order valence-electron chi connectivity index (χ2n) is 7.82. The van der Waals surface area contributed by atoms with E-state index < -0.39 is 22.5 Å². The summed E-state index contributed by atoms with van der Waals surface area (Å²) in [5.41, 5.74) is 3.54. The molecule has 0 saturated heterocycles. The van der Waals surface area contributed by atoms with Gasteiger partial charge >= 0.3 is 0 Å². The van der Waals surface area contributed by atoms with E-state index in [-0.39, 0.29) is 4.90 Å². The summed E-state index contributed by atoms with van der Waals surface area (Å²) in [5.74, 6) is 0.752. The average Bonchev–Trinajstić information content (AvgIpc) is 2.89. The Balaban J connectivity index is 1.69. The zero-order chi connectivity index (χ0) is 25.8. The highest BCUT2D eigenvalue weighted by Crippen LogP contribution is 2.25. The first-order chi connectivity index (χ1) is 17.4. The fourth-order valence-corrected chi connectivity index (χ4v) is 4.66. The van der Waals surface area contributed by atoms with Crippen LogP contribution in [0, 0.1) is 0 Å². The second kappa shape index (κ2) is 13.3. The van der Waals surface area contributed by atoms with Crippen molar-refractivity contribution in [2.45, 2.75) is 31.6 Å². The Morgan fingerprint density at radius 2 is 1.56 bits per heavy atom. The van der Waals surface area contributed by atoms with Crippen LogP contribution in [0.2, 0.25) is 0 Å². The number of hydrogen-bond acceptors (Lipinski definition) is 6. The third-order valence-corrected chi connectivity index (χ3v) is 6.89. The molecule has 0 radical (unpaired) electrons. The van der Waals surface area contributed by atoms with Crippen molar-refractivity contribution in [1.82, 2.24) is 5.43 Å². The highest BCUT2D eigenvalue weighted by molar-refractivity contribution is 7.92. The predicted molar refractivity (Wildman–Crippen MR) is 141 cm³/mol. The molecule has 0 unspecified atom stereocenters. The molecule has 0 spiro atoms. The van der Waals surface area contributed by atoms with Gasteiger partial charge in [0.05, 0.1) is 30.0 Å². The Morgan fingerprint density at radius 1 is 0.917 bits per heavy atom. The highest BCUT2D eigenvalue weighted by Gasteiger charge is 2.27. The van der Waals surface area contributed by atoms with Gasteiger partial charge in [-0.05, 0) is 79.6 Å². The molecule has 3 aromatic carbocycles. The molecule has 0 saturated carbocycles. The van der Waals surface area contributed by atoms with Crippen LogP contribution in [-0.2, 0) is 14.8 Å². The Bertz CT molecular complexity index is 1230. The second-order valence-corrected chi connectivity index (χ2v) is 9.68. The van der Waals surface area contributed by atoms with Crippen molar-refractivity contribution in [3.05, 3.63) is 84.4 Å². The third kappa shape index (κ3) is 7.58. The summed E-state index contributed by atoms with van der Waals surface area (Å²) in [6.45, 7) is 4.64. The number of nitrogens with one attached hydrogen (secondary N) is 1. The molecule has 0 atom stereocenters. The van der Waals surface area contributed by atoms with Crippen LogP contribution in [0.4, 0.5) is 5.69 Å². The van der Waals surface area contributed by atoms with Gasteiger partial charge in [-0.3, -0.25) is 9.10 Å². The molecule has 0 aromatic heterocycles. The maximum Gasteiger partial charge on any atom is 0.264 e. The van der Waals surface area contributed by atoms with Gasteiger partial charge in [-0.1, -0.05) is 31.5 Å². The van der Waals surface area contributed by atoms with Crippen molar-refractivity contribution in [3.8, 4) is 11.5 Å². The zero-order valence-corrected chi connectivity index (χ0v) is 21.3. The van der Waals surface area contributed by atoms with Crippen LogP contribution < -0.4 is 19.2 Å². The molecule has 0 aliphatic rings. The number of anilines is 1. The fraction of sp³-hybridized carbons (Fsp3) is 0.259. The first-order valence-electron chi connectivity index (χ1n) is 11.8. The molecule has 3 rings (SSSR count). The quantitative estimate of drug-likeness (QED) is 0.206. The third-order valence-electron chi connectivity index (χ3n) is 5.10. The van der Waals surface area contributed by atoms with Gasteiger partial charge in [0.15, 0.2) is 0 Å². The van der Waals surface area contributed by atoms with Crippen LogP contribution in [0.3, 0.4) is 0 Å². The maximum atomic E-state index is 13.4. The SMILES string of the molecule is CCCCOc1ccc(/C=N\NC(=O)CN(c2ccccc2)S(=O)(=O)c2ccc(OCC)cc2)cc1. The van der Waals surface area contributed by atoms with E-state index in [4.69, 9.17) is 9.47 Å². The van der Waals surface area contributed by atoms with Crippen LogP contribution in [0.15, 0.2) is 88.9 Å². The molecular formula is C27H31N3O5S. The van der Waals surface area contributed by atoms with E-state index in [0.717, 1.165) is 28.5 Å². The van der Waals surface area contributed by atoms with Crippen molar-refractivity contribution in [1.29, 1.82) is 0 Å². The van der Waals surface area contributed by atoms with Crippen LogP contribution in [-0.4, -0.2) is 40.3 Å². The first kappa shape index (κ1) is 26.7. The molecule has 0 heterocycles. The summed E-state index contributed by atoms with van der Waals surface area (Å²) < 4.78 is 38.9. The van der Waals surface area contributed by atoms with Gasteiger partial charge in [0, 0.05) is 0 Å². The van der Waals surface area contributed by atoms with Gasteiger partial charge in [0.1, 0.15) is 18.0 Å². The molecule has 1 N–H and O–H groups in total. The van der Waals surface area contributed by atoms with E-state index in [9.17, 15) is 13.2 Å². The number of sulfonamides is 1. The molecule has 0 aliphatic carbocycles. The lowest BCUT2D eigenvalue weighted by molar-refractivity contribution is -0.119. The van der Waals surface area contributed by atoms with Gasteiger partial charge in [-0.15, -0.1) is 0 Å². The number of unbranched alkanes of at least 4 members (excludes halogenated alkanes) is 1. The van der Waals surface area contributed by atoms with Crippen molar-refractivity contribution in [3.63, 3.8) is 0 Å². The summed E-state index contributed by atoms with van der Waals surface area (Å²) in [6.07, 6.45) is 3.54. The number of ether oxygens (including phenoxy) is 2. The van der Waals surface area contributed by atoms with E-state index in [1.807, 2.05) is 31.2 Å². The number of rotatable bonds is 13. The van der Waals surface area contributed by atoms with Crippen molar-refractivity contribution in [2.24, 2.45) is 5.10 Å². The van der Waals surface area contributed by atoms with Gasteiger partial charge < -0.3 is 9.47 Å². The summed E-state index contributed by atoms with van der Waals surface area (Å²) in [6, 6.07) is 21.9. The molecule has 9 heteroatoms. The highest BCUT2D eigenvalue weighted by atomic mass is 32.2. The molecule has 36 heavy (non-hydrogen) atoms. The predicted octanol–water partition coefficient (Wildman–Crippen LogP) is 4.61. The number of amides is 1. The normalized spacial score (nSPS) is 11.3. The minimum atomic E-state index is -4.02. The van der Waals surface area contributed by atoms with Crippen molar-refractivity contribution in [2.75, 3.05) is 24.1 Å². The minimum absolute atomic E-state index is 0.0485. The molecule has 190 valence electrons. The Kier molecular flexibility index (Phi) is 9.88. The van der Waals surface area contributed by atoms with Crippen molar-refractivity contribution >= 4 is 27.8 Å². The topological polar surface area (TPSA) is 97.3 Å². The Hall–Kier alpha value is -3.85. The van der Waals surface area contributed by atoms with Gasteiger partial charge in [-0.25, -0.2) is 13.8 Å². The van der Waals surface area contributed by atoms with Crippen LogP contribution in [0.1, 0.15) is 32.3 Å². The van der Waals surface area contributed by atoms with Crippen molar-refractivity contribution < 1.29 is 22.7 Å². The number of carbonyl (C=O) groups is 1. The molecule has 0 fully saturated rings. The fourth-order valence-electron chi connectivity index (χ4n) is 3.24. The lowest BCUT2D eigenvalue weighted by Gasteiger charge is -2.23. The minimum Gasteiger partial charge on any atom is -0.494 e. The number of carbonyl (C=O) groups excluding carboxylic acids is 1. The largest absolute Gasteiger partial charge is 0.494 e. The average molecular weight is 510 g/mol. The van der Waals surface area contributed by atoms with E-state index in [0.29, 0.717) is 24.7 Å². The van der Waals surface area contributed by atoms with E-state index in [1.54, 1.807) is 42.5 Å². The molecule has 0 bridgehead atoms. The zero-order valence-electron chi connectivity index (χ0n) is 20.5. The summed E-state index contributed by atoms with van der Waals surface area (Å²) in [4.78, 5) is 12.7. The van der Waals surface area contributed by atoms with Crippen LogP contribution in [0.5, 0.6) is 11.5 Å². The van der Waals surface area contributed by atoms with Gasteiger partial charge in [-0.2, -0.15) is 5.10 Å². The summed E-state index contributed by atoms with van der Waals surface area (Å²) in [7, 11) is -4.02. The molecule has 0 aliphatic heterocycles. The molecule has 3 aromatic rings. The van der Waals surface area contributed by atoms with Crippen LogP contribution in [0.25, 0.3) is 0 Å². The number of hydrazone groups is 1. The number of benzene rings is 3. The molecule has 1 amide bonds. The Morgan fingerprint density at radius 3 is 2.19 bits per heavy atom. The van der Waals surface area contributed by atoms with Gasteiger partial charge in [0.2, 0.25) is 0 Å². The number of para-hydroxylation sites is 1. The van der Waals surface area contributed by atoms with E-state index in [1.165, 1.54) is 18.3 Å². The molecule has 8 nitrogen and oxygen atoms in total. The number of hydrogen-bond donors (Lipinski definition) is 1. The monoisotopic (exact) mass is 509 g/mol. The van der Waals surface area contributed by atoms with E-state index >= 15 is 0 Å². The van der Waals surface area contributed by atoms with Crippen LogP contribution >= 0.6 is 0 Å². The lowest BCUT2D eigenvalue weighted by Crippen LogP contribution is -2.39. The smallest absolute Gasteiger partial charge is 0.264 e. The van der Waals surface area contributed by atoms with E-state index in [2.05, 4.69) is 17.5 Å². The lowest BCUT2D eigenvalue weighted by atomic mass is 10.2. The maximum absolute atomic E-state index is 13.4. The first-order valence-corrected chi connectivity index (χ1v) is 13.2.